The number of hydrogen-bond acceptors (Lipinski definition) is 2. The lowest BCUT2D eigenvalue weighted by Crippen LogP contribution is -2.35. The lowest BCUT2D eigenvalue weighted by atomic mass is 9.80. The normalized spacial score (nSPS) is 20.7. The predicted octanol–water partition coefficient (Wildman–Crippen LogP) is 5.25. The van der Waals surface area contributed by atoms with Crippen LogP contribution in [0.5, 0.6) is 0 Å². The van der Waals surface area contributed by atoms with Crippen LogP contribution in [0, 0.1) is 6.92 Å². The van der Waals surface area contributed by atoms with E-state index in [4.69, 9.17) is 5.11 Å². The zero-order valence-electron chi connectivity index (χ0n) is 15.5. The molecule has 1 unspecified atom stereocenters. The van der Waals surface area contributed by atoms with Crippen LogP contribution in [0.1, 0.15) is 43.4 Å². The molecule has 0 bridgehead atoms. The summed E-state index contributed by atoms with van der Waals surface area (Å²) in [6.07, 6.45) is 12.2. The van der Waals surface area contributed by atoms with Crippen LogP contribution in [0.25, 0.3) is 10.9 Å². The summed E-state index contributed by atoms with van der Waals surface area (Å²) in [5.41, 5.74) is 8.32. The summed E-state index contributed by atoms with van der Waals surface area (Å²) >= 11 is 0. The number of aryl methyl sites for hydroxylation is 1. The molecule has 0 amide bonds. The predicted molar refractivity (Wildman–Crippen MR) is 108 cm³/mol. The molecule has 1 heterocycles. The number of hydrogen-bond donors (Lipinski definition) is 3. The number of fused-ring (bicyclic) bond motifs is 1. The lowest BCUT2D eigenvalue weighted by molar-refractivity contribution is 0.470. The van der Waals surface area contributed by atoms with Crippen LogP contribution in [-0.2, 0) is 6.42 Å². The molecule has 4 rings (SSSR count). The van der Waals surface area contributed by atoms with E-state index in [1.807, 2.05) is 6.08 Å². The molecular weight excluding hydrogens is 320 g/mol. The zero-order valence-corrected chi connectivity index (χ0v) is 15.5. The Morgan fingerprint density at radius 3 is 3.00 bits per heavy atom. The van der Waals surface area contributed by atoms with Gasteiger partial charge in [0.15, 0.2) is 0 Å². The smallest absolute Gasteiger partial charge is 0.0794 e. The molecule has 3 N–H and O–H groups in total. The van der Waals surface area contributed by atoms with E-state index in [-0.39, 0.29) is 0 Å². The van der Waals surface area contributed by atoms with Crippen molar-refractivity contribution in [2.24, 2.45) is 0 Å². The largest absolute Gasteiger partial charge is 0.516 e. The highest BCUT2D eigenvalue weighted by Gasteiger charge is 2.24. The summed E-state index contributed by atoms with van der Waals surface area (Å²) in [4.78, 5) is 3.51. The number of rotatable bonds is 5. The molecule has 0 saturated carbocycles. The summed E-state index contributed by atoms with van der Waals surface area (Å²) in [7, 11) is 0. The zero-order chi connectivity index (χ0) is 17.9. The summed E-state index contributed by atoms with van der Waals surface area (Å²) in [5, 5.41) is 14.2. The van der Waals surface area contributed by atoms with Crippen molar-refractivity contribution >= 4 is 10.9 Å². The van der Waals surface area contributed by atoms with E-state index in [1.165, 1.54) is 58.8 Å². The Morgan fingerprint density at radius 2 is 2.12 bits per heavy atom. The SMILES string of the molecule is Cc1[nH]c2ccccc2c1CCNC1CCCC2=C1CCC(/C=C\O)=C2. The number of aromatic nitrogens is 1. The van der Waals surface area contributed by atoms with Crippen molar-refractivity contribution in [3.05, 3.63) is 70.7 Å². The molecule has 1 aromatic heterocycles. The van der Waals surface area contributed by atoms with Crippen molar-refractivity contribution in [3.63, 3.8) is 0 Å². The molecule has 3 heteroatoms. The summed E-state index contributed by atoms with van der Waals surface area (Å²) in [6, 6.07) is 9.10. The number of aromatic amines is 1. The first-order valence-electron chi connectivity index (χ1n) is 9.79. The topological polar surface area (TPSA) is 48.0 Å². The molecule has 0 spiro atoms. The van der Waals surface area contributed by atoms with Crippen LogP contribution in [0.15, 0.2) is 59.4 Å². The van der Waals surface area contributed by atoms with Gasteiger partial charge in [-0.1, -0.05) is 24.3 Å². The Kier molecular flexibility index (Phi) is 4.98. The Morgan fingerprint density at radius 1 is 1.23 bits per heavy atom. The highest BCUT2D eigenvalue weighted by Crippen LogP contribution is 2.35. The molecule has 0 saturated heterocycles. The van der Waals surface area contributed by atoms with Gasteiger partial charge in [-0.25, -0.2) is 0 Å². The second-order valence-corrected chi connectivity index (χ2v) is 7.51. The third-order valence-corrected chi connectivity index (χ3v) is 5.90. The number of allylic oxidation sites excluding steroid dienone is 4. The molecule has 0 aliphatic heterocycles. The average molecular weight is 348 g/mol. The molecule has 1 atom stereocenters. The maximum atomic E-state index is 9.02. The lowest BCUT2D eigenvalue weighted by Gasteiger charge is -2.31. The molecule has 2 aliphatic carbocycles. The van der Waals surface area contributed by atoms with Crippen molar-refractivity contribution < 1.29 is 5.11 Å². The fourth-order valence-corrected chi connectivity index (χ4v) is 4.61. The Balaban J connectivity index is 1.45. The minimum Gasteiger partial charge on any atom is -0.516 e. The first kappa shape index (κ1) is 17.2. The highest BCUT2D eigenvalue weighted by molar-refractivity contribution is 5.84. The second-order valence-electron chi connectivity index (χ2n) is 7.51. The van der Waals surface area contributed by atoms with Gasteiger partial charge in [-0.15, -0.1) is 0 Å². The summed E-state index contributed by atoms with van der Waals surface area (Å²) in [5.74, 6) is 0. The number of nitrogens with one attached hydrogen (secondary N) is 2. The Labute approximate surface area is 155 Å². The molecule has 136 valence electrons. The number of para-hydroxylation sites is 1. The fraction of sp³-hybridized carbons (Fsp3) is 0.391. The van der Waals surface area contributed by atoms with E-state index in [9.17, 15) is 0 Å². The molecular formula is C23H28N2O. The van der Waals surface area contributed by atoms with Crippen LogP contribution in [0.4, 0.5) is 0 Å². The van der Waals surface area contributed by atoms with Gasteiger partial charge in [0.25, 0.3) is 0 Å². The van der Waals surface area contributed by atoms with Gasteiger partial charge in [-0.3, -0.25) is 0 Å². The van der Waals surface area contributed by atoms with Crippen LogP contribution >= 0.6 is 0 Å². The fourth-order valence-electron chi connectivity index (χ4n) is 4.61. The van der Waals surface area contributed by atoms with Crippen LogP contribution < -0.4 is 5.32 Å². The minimum absolute atomic E-state index is 0.514. The molecule has 2 aliphatic rings. The van der Waals surface area contributed by atoms with E-state index >= 15 is 0 Å². The first-order chi connectivity index (χ1) is 12.8. The van der Waals surface area contributed by atoms with Crippen LogP contribution in [-0.4, -0.2) is 22.7 Å². The van der Waals surface area contributed by atoms with Gasteiger partial charge >= 0.3 is 0 Å². The van der Waals surface area contributed by atoms with Gasteiger partial charge < -0.3 is 15.4 Å². The van der Waals surface area contributed by atoms with Gasteiger partial charge in [0, 0.05) is 22.6 Å². The number of H-pyrrole nitrogens is 1. The molecule has 2 aromatic rings. The minimum atomic E-state index is 0.514. The molecule has 0 fully saturated rings. The second kappa shape index (κ2) is 7.55. The first-order valence-corrected chi connectivity index (χ1v) is 9.79. The van der Waals surface area contributed by atoms with E-state index in [0.717, 1.165) is 25.8 Å². The van der Waals surface area contributed by atoms with E-state index in [0.29, 0.717) is 6.04 Å². The van der Waals surface area contributed by atoms with Gasteiger partial charge in [0.2, 0.25) is 0 Å². The van der Waals surface area contributed by atoms with E-state index in [1.54, 1.807) is 5.57 Å². The Bertz CT molecular complexity index is 885. The van der Waals surface area contributed by atoms with Gasteiger partial charge in [0.1, 0.15) is 0 Å². The standard InChI is InChI=1S/C23H28N2O/c1-16-19(21-6-2-3-7-23(21)25-16)11-13-24-22-8-4-5-18-15-17(12-14-26)9-10-20(18)22/h2-3,6-7,12,14-15,22,24-26H,4-5,8-11,13H2,1H3/b14-12-. The number of benzene rings is 1. The average Bonchev–Trinajstić information content (AvgIpc) is 2.97. The summed E-state index contributed by atoms with van der Waals surface area (Å²) in [6.45, 7) is 3.19. The van der Waals surface area contributed by atoms with Crippen molar-refractivity contribution in [1.29, 1.82) is 0 Å². The molecule has 3 nitrogen and oxygen atoms in total. The van der Waals surface area contributed by atoms with Gasteiger partial charge in [-0.05, 0) is 86.4 Å². The van der Waals surface area contributed by atoms with E-state index < -0.39 is 0 Å². The van der Waals surface area contributed by atoms with Crippen LogP contribution in [0.2, 0.25) is 0 Å². The van der Waals surface area contributed by atoms with Crippen LogP contribution in [0.3, 0.4) is 0 Å². The maximum absolute atomic E-state index is 9.02. The third-order valence-electron chi connectivity index (χ3n) is 5.90. The van der Waals surface area contributed by atoms with Crippen molar-refractivity contribution in [2.75, 3.05) is 6.54 Å². The van der Waals surface area contributed by atoms with Gasteiger partial charge in [-0.2, -0.15) is 0 Å². The maximum Gasteiger partial charge on any atom is 0.0794 e. The molecule has 1 aromatic carbocycles. The van der Waals surface area contributed by atoms with Crippen molar-refractivity contribution in [1.82, 2.24) is 10.3 Å². The molecule has 26 heavy (non-hydrogen) atoms. The number of aliphatic hydroxyl groups excluding tert-OH is 1. The Hall–Kier alpha value is -2.26. The van der Waals surface area contributed by atoms with Crippen molar-refractivity contribution in [3.8, 4) is 0 Å². The summed E-state index contributed by atoms with van der Waals surface area (Å²) < 4.78 is 0. The van der Waals surface area contributed by atoms with E-state index in [2.05, 4.69) is 47.6 Å². The number of aliphatic hydroxyl groups is 1. The third kappa shape index (κ3) is 3.36. The quantitative estimate of drug-likeness (QED) is 0.646. The van der Waals surface area contributed by atoms with Gasteiger partial charge in [0.05, 0.1) is 6.26 Å². The monoisotopic (exact) mass is 348 g/mol. The molecule has 0 radical (unpaired) electrons. The van der Waals surface area contributed by atoms with Crippen molar-refractivity contribution in [2.45, 2.75) is 51.5 Å². The highest BCUT2D eigenvalue weighted by atomic mass is 16.2.